The highest BCUT2D eigenvalue weighted by atomic mass is 19.1. The number of pyridine rings is 1. The zero-order valence-electron chi connectivity index (χ0n) is 14.9. The summed E-state index contributed by atoms with van der Waals surface area (Å²) < 4.78 is 14.5. The van der Waals surface area contributed by atoms with Crippen molar-refractivity contribution in [2.45, 2.75) is 6.42 Å². The van der Waals surface area contributed by atoms with Gasteiger partial charge in [-0.05, 0) is 53.1 Å². The molecule has 3 nitrogen and oxygen atoms in total. The highest BCUT2D eigenvalue weighted by Gasteiger charge is 2.27. The minimum Gasteiger partial charge on any atom is -0.508 e. The van der Waals surface area contributed by atoms with E-state index < -0.39 is 0 Å². The summed E-state index contributed by atoms with van der Waals surface area (Å²) in [6.07, 6.45) is 0.554. The van der Waals surface area contributed by atoms with E-state index in [4.69, 9.17) is 4.98 Å². The molecule has 1 aliphatic carbocycles. The van der Waals surface area contributed by atoms with Crippen molar-refractivity contribution in [3.8, 4) is 45.1 Å². The van der Waals surface area contributed by atoms with Gasteiger partial charge in [-0.1, -0.05) is 36.4 Å². The van der Waals surface area contributed by atoms with Crippen LogP contribution in [0.15, 0.2) is 72.8 Å². The largest absolute Gasteiger partial charge is 0.508 e. The van der Waals surface area contributed by atoms with Gasteiger partial charge in [0.1, 0.15) is 17.3 Å². The Morgan fingerprint density at radius 3 is 2.29 bits per heavy atom. The lowest BCUT2D eigenvalue weighted by molar-refractivity contribution is 0.470. The predicted molar refractivity (Wildman–Crippen MR) is 107 cm³/mol. The molecule has 136 valence electrons. The van der Waals surface area contributed by atoms with Crippen LogP contribution in [-0.2, 0) is 6.42 Å². The van der Waals surface area contributed by atoms with Crippen LogP contribution in [0.2, 0.25) is 0 Å². The van der Waals surface area contributed by atoms with Crippen molar-refractivity contribution in [1.82, 2.24) is 4.98 Å². The van der Waals surface area contributed by atoms with Crippen molar-refractivity contribution in [2.24, 2.45) is 0 Å². The van der Waals surface area contributed by atoms with E-state index in [-0.39, 0.29) is 17.3 Å². The molecule has 5 rings (SSSR count). The van der Waals surface area contributed by atoms with Gasteiger partial charge in [0.2, 0.25) is 0 Å². The second-order valence-corrected chi connectivity index (χ2v) is 6.89. The first-order chi connectivity index (χ1) is 13.6. The van der Waals surface area contributed by atoms with Crippen LogP contribution in [0.3, 0.4) is 0 Å². The van der Waals surface area contributed by atoms with Gasteiger partial charge in [0.05, 0.1) is 11.4 Å². The van der Waals surface area contributed by atoms with E-state index in [2.05, 4.69) is 0 Å². The lowest BCUT2D eigenvalue weighted by Crippen LogP contribution is -1.95. The van der Waals surface area contributed by atoms with Crippen LogP contribution < -0.4 is 0 Å². The summed E-state index contributed by atoms with van der Waals surface area (Å²) in [5.74, 6) is 0.0880. The number of aromatic nitrogens is 1. The monoisotopic (exact) mass is 369 g/mol. The average Bonchev–Trinajstić information content (AvgIpc) is 3.09. The van der Waals surface area contributed by atoms with Gasteiger partial charge in [0.15, 0.2) is 0 Å². The average molecular weight is 369 g/mol. The predicted octanol–water partition coefficient (Wildman–Crippen LogP) is 5.54. The Bertz CT molecular complexity index is 1220. The Labute approximate surface area is 161 Å². The van der Waals surface area contributed by atoms with E-state index in [1.165, 1.54) is 6.07 Å². The number of phenols is 2. The number of aromatic hydroxyl groups is 2. The number of hydrogen-bond donors (Lipinski definition) is 2. The molecule has 0 bridgehead atoms. The molecular formula is C24H16FNO2. The van der Waals surface area contributed by atoms with E-state index in [1.54, 1.807) is 42.5 Å². The van der Waals surface area contributed by atoms with E-state index in [0.29, 0.717) is 17.7 Å². The normalized spacial score (nSPS) is 11.9. The molecule has 0 saturated heterocycles. The summed E-state index contributed by atoms with van der Waals surface area (Å²) in [5, 5.41) is 20.0. The topological polar surface area (TPSA) is 53.4 Å². The van der Waals surface area contributed by atoms with E-state index >= 15 is 0 Å². The Hall–Kier alpha value is -3.66. The molecule has 1 aliphatic rings. The second-order valence-electron chi connectivity index (χ2n) is 6.89. The molecule has 28 heavy (non-hydrogen) atoms. The number of rotatable bonds is 2. The van der Waals surface area contributed by atoms with Crippen LogP contribution in [-0.4, -0.2) is 15.2 Å². The Balaban J connectivity index is 1.81. The summed E-state index contributed by atoms with van der Waals surface area (Å²) in [6.45, 7) is 0. The third kappa shape index (κ3) is 2.54. The molecule has 0 saturated carbocycles. The maximum Gasteiger partial charge on any atom is 0.132 e. The molecule has 2 N–H and O–H groups in total. The summed E-state index contributed by atoms with van der Waals surface area (Å²) in [6, 6.07) is 20.8. The Kier molecular flexibility index (Phi) is 3.66. The molecule has 0 aliphatic heterocycles. The molecule has 0 radical (unpaired) electrons. The fourth-order valence-electron chi connectivity index (χ4n) is 3.84. The van der Waals surface area contributed by atoms with Crippen LogP contribution >= 0.6 is 0 Å². The summed E-state index contributed by atoms with van der Waals surface area (Å²) in [4.78, 5) is 4.77. The van der Waals surface area contributed by atoms with Crippen molar-refractivity contribution >= 4 is 0 Å². The second kappa shape index (κ2) is 6.20. The summed E-state index contributed by atoms with van der Waals surface area (Å²) in [7, 11) is 0. The van der Waals surface area contributed by atoms with Crippen LogP contribution in [0, 0.1) is 5.82 Å². The van der Waals surface area contributed by atoms with Gasteiger partial charge in [-0.15, -0.1) is 0 Å². The quantitative estimate of drug-likeness (QED) is 0.430. The third-order valence-corrected chi connectivity index (χ3v) is 5.21. The fourth-order valence-corrected chi connectivity index (χ4v) is 3.84. The van der Waals surface area contributed by atoms with Gasteiger partial charge in [0.25, 0.3) is 0 Å². The number of fused-ring (bicyclic) bond motifs is 3. The smallest absolute Gasteiger partial charge is 0.132 e. The Morgan fingerprint density at radius 1 is 0.750 bits per heavy atom. The first kappa shape index (κ1) is 16.5. The number of phenolic OH excluding ortho intramolecular Hbond substituents is 2. The van der Waals surface area contributed by atoms with Crippen molar-refractivity contribution in [3.63, 3.8) is 0 Å². The summed E-state index contributed by atoms with van der Waals surface area (Å²) >= 11 is 0. The van der Waals surface area contributed by atoms with Gasteiger partial charge in [-0.2, -0.15) is 0 Å². The van der Waals surface area contributed by atoms with Gasteiger partial charge in [-0.3, -0.25) is 0 Å². The van der Waals surface area contributed by atoms with E-state index in [9.17, 15) is 14.6 Å². The molecule has 0 amide bonds. The van der Waals surface area contributed by atoms with Crippen molar-refractivity contribution in [1.29, 1.82) is 0 Å². The molecule has 0 fully saturated rings. The number of nitrogens with zero attached hydrogens (tertiary/aromatic N) is 1. The molecule has 0 unspecified atom stereocenters. The standard InChI is InChI=1S/C24H16FNO2/c25-21-6-2-1-4-17(21)22-13-18(14-8-10-15(27)11-9-14)20-12-19-16(24(20)26-22)5-3-7-23(19)28/h1-11,13,27-28H,12H2. The minimum atomic E-state index is -0.333. The van der Waals surface area contributed by atoms with Crippen molar-refractivity contribution in [2.75, 3.05) is 0 Å². The van der Waals surface area contributed by atoms with Crippen molar-refractivity contribution in [3.05, 3.63) is 89.7 Å². The van der Waals surface area contributed by atoms with Gasteiger partial charge >= 0.3 is 0 Å². The first-order valence-corrected chi connectivity index (χ1v) is 9.01. The van der Waals surface area contributed by atoms with Gasteiger partial charge in [-0.25, -0.2) is 9.37 Å². The fraction of sp³-hybridized carbons (Fsp3) is 0.0417. The molecule has 0 spiro atoms. The van der Waals surface area contributed by atoms with Gasteiger partial charge in [0, 0.05) is 23.1 Å². The zero-order chi connectivity index (χ0) is 19.3. The van der Waals surface area contributed by atoms with Crippen LogP contribution in [0.25, 0.3) is 33.6 Å². The first-order valence-electron chi connectivity index (χ1n) is 9.01. The lowest BCUT2D eigenvalue weighted by Gasteiger charge is -2.13. The molecule has 4 heteroatoms. The SMILES string of the molecule is Oc1ccc(-c2cc(-c3ccccc3F)nc3c2Cc2c(O)cccc2-3)cc1. The van der Waals surface area contributed by atoms with Crippen molar-refractivity contribution < 1.29 is 14.6 Å². The maximum absolute atomic E-state index is 14.5. The lowest BCUT2D eigenvalue weighted by atomic mass is 9.96. The Morgan fingerprint density at radius 2 is 1.50 bits per heavy atom. The zero-order valence-corrected chi connectivity index (χ0v) is 14.9. The van der Waals surface area contributed by atoms with Gasteiger partial charge < -0.3 is 10.2 Å². The molecule has 3 aromatic carbocycles. The van der Waals surface area contributed by atoms with Crippen LogP contribution in [0.4, 0.5) is 4.39 Å². The van der Waals surface area contributed by atoms with E-state index in [0.717, 1.165) is 33.5 Å². The number of hydrogen-bond acceptors (Lipinski definition) is 3. The highest BCUT2D eigenvalue weighted by molar-refractivity contribution is 5.86. The van der Waals surface area contributed by atoms with E-state index in [1.807, 2.05) is 24.3 Å². The van der Waals surface area contributed by atoms with Crippen LogP contribution in [0.1, 0.15) is 11.1 Å². The molecule has 4 aromatic rings. The van der Waals surface area contributed by atoms with Crippen LogP contribution in [0.5, 0.6) is 11.5 Å². The molecular weight excluding hydrogens is 353 g/mol. The molecule has 0 atom stereocenters. The molecule has 1 heterocycles. The number of halogens is 1. The number of benzene rings is 3. The molecule has 1 aromatic heterocycles. The minimum absolute atomic E-state index is 0.185. The highest BCUT2D eigenvalue weighted by Crippen LogP contribution is 2.45. The third-order valence-electron chi connectivity index (χ3n) is 5.21. The maximum atomic E-state index is 14.5. The summed E-state index contributed by atoms with van der Waals surface area (Å²) in [5.41, 5.74) is 6.23.